The van der Waals surface area contributed by atoms with Crippen molar-refractivity contribution in [3.8, 4) is 11.8 Å². The van der Waals surface area contributed by atoms with Crippen LogP contribution in [0.4, 0.5) is 5.69 Å². The smallest absolute Gasteiger partial charge is 0.266 e. The Labute approximate surface area is 147 Å². The summed E-state index contributed by atoms with van der Waals surface area (Å²) >= 11 is 17.4. The van der Waals surface area contributed by atoms with Crippen molar-refractivity contribution >= 4 is 52.5 Å². The Morgan fingerprint density at radius 2 is 1.70 bits per heavy atom. The number of amides is 1. The average molecular weight is 368 g/mol. The van der Waals surface area contributed by atoms with Crippen molar-refractivity contribution in [2.75, 3.05) is 5.32 Å². The van der Waals surface area contributed by atoms with Crippen molar-refractivity contribution in [2.45, 2.75) is 0 Å². The molecule has 0 saturated carbocycles. The third-order valence-electron chi connectivity index (χ3n) is 2.82. The Morgan fingerprint density at radius 3 is 2.22 bits per heavy atom. The first-order chi connectivity index (χ1) is 10.9. The van der Waals surface area contributed by atoms with E-state index in [1.807, 2.05) is 6.07 Å². The number of phenols is 1. The number of aromatic hydroxyl groups is 1. The standard InChI is InChI=1S/C16H9Cl3N2O2/c17-11-1-3-12(4-2-11)21-16(23)10(8-20)5-9-6-13(18)15(22)14(19)7-9/h1-7,22H,(H,21,23)/b10-5+. The van der Waals surface area contributed by atoms with Gasteiger partial charge in [-0.3, -0.25) is 4.79 Å². The molecule has 0 saturated heterocycles. The maximum absolute atomic E-state index is 12.1. The number of hydrogen-bond acceptors (Lipinski definition) is 3. The molecule has 0 spiro atoms. The molecule has 0 aliphatic heterocycles. The van der Waals surface area contributed by atoms with Crippen molar-refractivity contribution in [3.05, 3.63) is 62.6 Å². The van der Waals surface area contributed by atoms with Crippen molar-refractivity contribution in [1.29, 1.82) is 5.26 Å². The van der Waals surface area contributed by atoms with Gasteiger partial charge in [0.25, 0.3) is 5.91 Å². The number of rotatable bonds is 3. The van der Waals surface area contributed by atoms with Gasteiger partial charge in [-0.1, -0.05) is 34.8 Å². The summed E-state index contributed by atoms with van der Waals surface area (Å²) in [6.07, 6.45) is 1.32. The van der Waals surface area contributed by atoms with Crippen LogP contribution in [0.1, 0.15) is 5.56 Å². The molecule has 1 amide bonds. The minimum Gasteiger partial charge on any atom is -0.505 e. The van der Waals surface area contributed by atoms with Gasteiger partial charge in [-0.2, -0.15) is 5.26 Å². The van der Waals surface area contributed by atoms with Crippen LogP contribution >= 0.6 is 34.8 Å². The fourth-order valence-corrected chi connectivity index (χ4v) is 2.35. The third-order valence-corrected chi connectivity index (χ3v) is 3.65. The van der Waals surface area contributed by atoms with Gasteiger partial charge in [0.2, 0.25) is 0 Å². The molecule has 23 heavy (non-hydrogen) atoms. The lowest BCUT2D eigenvalue weighted by molar-refractivity contribution is -0.112. The van der Waals surface area contributed by atoms with Gasteiger partial charge in [0.1, 0.15) is 11.6 Å². The molecular weight excluding hydrogens is 359 g/mol. The second-order valence-corrected chi connectivity index (χ2v) is 5.71. The first-order valence-electron chi connectivity index (χ1n) is 6.27. The number of benzene rings is 2. The number of carbonyl (C=O) groups is 1. The monoisotopic (exact) mass is 366 g/mol. The highest BCUT2D eigenvalue weighted by Gasteiger charge is 2.11. The number of hydrogen-bond donors (Lipinski definition) is 2. The molecule has 2 aromatic carbocycles. The highest BCUT2D eigenvalue weighted by Crippen LogP contribution is 2.33. The summed E-state index contributed by atoms with van der Waals surface area (Å²) in [5.74, 6) is -0.843. The van der Waals surface area contributed by atoms with Crippen LogP contribution in [0.3, 0.4) is 0 Å². The van der Waals surface area contributed by atoms with E-state index in [4.69, 9.17) is 40.1 Å². The van der Waals surface area contributed by atoms with Crippen LogP contribution < -0.4 is 5.32 Å². The highest BCUT2D eigenvalue weighted by atomic mass is 35.5. The van der Waals surface area contributed by atoms with Gasteiger partial charge in [0, 0.05) is 10.7 Å². The number of phenolic OH excluding ortho intramolecular Hbond substituents is 1. The summed E-state index contributed by atoms with van der Waals surface area (Å²) in [6.45, 7) is 0. The number of nitrogens with one attached hydrogen (secondary N) is 1. The van der Waals surface area contributed by atoms with Gasteiger partial charge < -0.3 is 10.4 Å². The number of anilines is 1. The Morgan fingerprint density at radius 1 is 1.13 bits per heavy atom. The summed E-state index contributed by atoms with van der Waals surface area (Å²) in [6, 6.07) is 11.1. The van der Waals surface area contributed by atoms with Crippen LogP contribution in [0, 0.1) is 11.3 Å². The zero-order valence-electron chi connectivity index (χ0n) is 11.5. The first-order valence-corrected chi connectivity index (χ1v) is 7.41. The third kappa shape index (κ3) is 4.40. The zero-order chi connectivity index (χ0) is 17.0. The lowest BCUT2D eigenvalue weighted by Crippen LogP contribution is -2.13. The Kier molecular flexibility index (Phi) is 5.51. The second-order valence-electron chi connectivity index (χ2n) is 4.46. The lowest BCUT2D eigenvalue weighted by Gasteiger charge is -2.05. The quantitative estimate of drug-likeness (QED) is 0.598. The maximum atomic E-state index is 12.1. The van der Waals surface area contributed by atoms with Crippen molar-refractivity contribution in [3.63, 3.8) is 0 Å². The van der Waals surface area contributed by atoms with E-state index in [9.17, 15) is 9.90 Å². The molecule has 0 aromatic heterocycles. The molecule has 2 N–H and O–H groups in total. The number of nitrogens with zero attached hydrogens (tertiary/aromatic N) is 1. The molecule has 2 aromatic rings. The van der Waals surface area contributed by atoms with E-state index >= 15 is 0 Å². The van der Waals surface area contributed by atoms with Gasteiger partial charge in [-0.25, -0.2) is 0 Å². The number of carbonyl (C=O) groups excluding carboxylic acids is 1. The molecule has 0 bridgehead atoms. The molecule has 0 aliphatic carbocycles. The number of nitriles is 1. The first kappa shape index (κ1) is 17.2. The van der Waals surface area contributed by atoms with Crippen LogP contribution in [-0.4, -0.2) is 11.0 Å². The molecule has 0 fully saturated rings. The molecule has 0 aliphatic rings. The van der Waals surface area contributed by atoms with E-state index in [-0.39, 0.29) is 21.4 Å². The van der Waals surface area contributed by atoms with Crippen molar-refractivity contribution in [2.24, 2.45) is 0 Å². The molecule has 0 heterocycles. The normalized spacial score (nSPS) is 11.0. The van der Waals surface area contributed by atoms with Crippen LogP contribution in [0.15, 0.2) is 42.0 Å². The molecule has 0 radical (unpaired) electrons. The zero-order valence-corrected chi connectivity index (χ0v) is 13.7. The van der Waals surface area contributed by atoms with E-state index in [0.717, 1.165) is 0 Å². The summed E-state index contributed by atoms with van der Waals surface area (Å²) in [5.41, 5.74) is 0.778. The van der Waals surface area contributed by atoms with Gasteiger partial charge in [-0.15, -0.1) is 0 Å². The fourth-order valence-electron chi connectivity index (χ4n) is 1.72. The Bertz CT molecular complexity index is 801. The molecule has 116 valence electrons. The minimum absolute atomic E-state index is 0.0270. The number of halogens is 3. The van der Waals surface area contributed by atoms with E-state index in [1.54, 1.807) is 24.3 Å². The molecular formula is C16H9Cl3N2O2. The van der Waals surface area contributed by atoms with Crippen LogP contribution in [0.2, 0.25) is 15.1 Å². The summed E-state index contributed by atoms with van der Waals surface area (Å²) in [7, 11) is 0. The van der Waals surface area contributed by atoms with Crippen LogP contribution in [0.25, 0.3) is 6.08 Å². The molecule has 4 nitrogen and oxygen atoms in total. The van der Waals surface area contributed by atoms with Crippen LogP contribution in [-0.2, 0) is 4.79 Å². The maximum Gasteiger partial charge on any atom is 0.266 e. The summed E-state index contributed by atoms with van der Waals surface area (Å²) in [4.78, 5) is 12.1. The largest absolute Gasteiger partial charge is 0.505 e. The van der Waals surface area contributed by atoms with E-state index in [2.05, 4.69) is 5.32 Å². The topological polar surface area (TPSA) is 73.1 Å². The fraction of sp³-hybridized carbons (Fsp3) is 0. The second kappa shape index (κ2) is 7.38. The van der Waals surface area contributed by atoms with Gasteiger partial charge in [0.15, 0.2) is 5.75 Å². The minimum atomic E-state index is -0.588. The molecule has 0 unspecified atom stereocenters. The van der Waals surface area contributed by atoms with Gasteiger partial charge in [0.05, 0.1) is 10.0 Å². The SMILES string of the molecule is N#C/C(=C\c1cc(Cl)c(O)c(Cl)c1)C(=O)Nc1ccc(Cl)cc1. The molecule has 7 heteroatoms. The van der Waals surface area contributed by atoms with E-state index in [0.29, 0.717) is 16.3 Å². The predicted molar refractivity (Wildman–Crippen MR) is 91.8 cm³/mol. The van der Waals surface area contributed by atoms with Crippen molar-refractivity contribution < 1.29 is 9.90 Å². The molecule has 0 atom stereocenters. The lowest BCUT2D eigenvalue weighted by atomic mass is 10.1. The summed E-state index contributed by atoms with van der Waals surface area (Å²) < 4.78 is 0. The average Bonchev–Trinajstić information content (AvgIpc) is 2.52. The molecule has 2 rings (SSSR count). The summed E-state index contributed by atoms with van der Waals surface area (Å²) in [5, 5.41) is 21.8. The highest BCUT2D eigenvalue weighted by molar-refractivity contribution is 6.37. The van der Waals surface area contributed by atoms with E-state index < -0.39 is 5.91 Å². The van der Waals surface area contributed by atoms with Gasteiger partial charge in [-0.05, 0) is 48.0 Å². The Hall–Kier alpha value is -2.19. The van der Waals surface area contributed by atoms with Gasteiger partial charge >= 0.3 is 0 Å². The van der Waals surface area contributed by atoms with Crippen LogP contribution in [0.5, 0.6) is 5.75 Å². The van der Waals surface area contributed by atoms with E-state index in [1.165, 1.54) is 18.2 Å². The Balaban J connectivity index is 2.26. The van der Waals surface area contributed by atoms with Crippen molar-refractivity contribution in [1.82, 2.24) is 0 Å². The predicted octanol–water partition coefficient (Wildman–Crippen LogP) is 4.90.